The van der Waals surface area contributed by atoms with Gasteiger partial charge in [0.25, 0.3) is 5.91 Å². The van der Waals surface area contributed by atoms with E-state index >= 15 is 0 Å². The second-order valence-corrected chi connectivity index (χ2v) is 4.66. The number of rotatable bonds is 5. The molecule has 1 atom stereocenters. The van der Waals surface area contributed by atoms with E-state index < -0.39 is 12.1 Å². The van der Waals surface area contributed by atoms with Gasteiger partial charge in [-0.25, -0.2) is 0 Å². The van der Waals surface area contributed by atoms with Crippen LogP contribution in [-0.2, 0) is 4.79 Å². The summed E-state index contributed by atoms with van der Waals surface area (Å²) in [4.78, 5) is 22.3. The number of benzene rings is 1. The molecule has 6 heteroatoms. The van der Waals surface area contributed by atoms with Crippen molar-refractivity contribution in [3.05, 3.63) is 29.3 Å². The molecule has 20 heavy (non-hydrogen) atoms. The Bertz CT molecular complexity index is 514. The van der Waals surface area contributed by atoms with E-state index in [9.17, 15) is 14.7 Å². The highest BCUT2D eigenvalue weighted by molar-refractivity contribution is 5.97. The number of nitrogens with one attached hydrogen (secondary N) is 1. The Kier molecular flexibility index (Phi) is 4.57. The fraction of sp³-hybridized carbons (Fsp3) is 0.429. The average Bonchev–Trinajstić information content (AvgIpc) is 2.60. The van der Waals surface area contributed by atoms with Gasteiger partial charge in [0.05, 0.1) is 18.2 Å². The Balaban J connectivity index is 2.09. The van der Waals surface area contributed by atoms with Gasteiger partial charge in [0.2, 0.25) is 0 Å². The lowest BCUT2D eigenvalue weighted by molar-refractivity contribution is -0.137. The summed E-state index contributed by atoms with van der Waals surface area (Å²) in [6.45, 7) is 0.864. The van der Waals surface area contributed by atoms with Gasteiger partial charge < -0.3 is 20.3 Å². The number of hydrogen-bond donors (Lipinski definition) is 3. The SMILES string of the molecule is O=C(O)CCCC(O)c1ccc2c(c1)C(=O)NCCO2. The third-order valence-corrected chi connectivity index (χ3v) is 3.15. The van der Waals surface area contributed by atoms with Crippen molar-refractivity contribution in [3.8, 4) is 5.75 Å². The first-order valence-electron chi connectivity index (χ1n) is 6.52. The first-order valence-corrected chi connectivity index (χ1v) is 6.52. The summed E-state index contributed by atoms with van der Waals surface area (Å²) >= 11 is 0. The van der Waals surface area contributed by atoms with E-state index in [1.54, 1.807) is 18.2 Å². The molecule has 3 N–H and O–H groups in total. The van der Waals surface area contributed by atoms with Crippen LogP contribution >= 0.6 is 0 Å². The molecular formula is C14H17NO5. The zero-order chi connectivity index (χ0) is 14.5. The summed E-state index contributed by atoms with van der Waals surface area (Å²) in [6.07, 6.45) is -0.0363. The van der Waals surface area contributed by atoms with Gasteiger partial charge in [-0.05, 0) is 30.5 Å². The van der Waals surface area contributed by atoms with Gasteiger partial charge in [-0.3, -0.25) is 9.59 Å². The van der Waals surface area contributed by atoms with Crippen LogP contribution in [0, 0.1) is 0 Å². The van der Waals surface area contributed by atoms with Gasteiger partial charge in [0.1, 0.15) is 12.4 Å². The summed E-state index contributed by atoms with van der Waals surface area (Å²) in [7, 11) is 0. The van der Waals surface area contributed by atoms with Gasteiger partial charge in [0.15, 0.2) is 0 Å². The Morgan fingerprint density at radius 2 is 2.25 bits per heavy atom. The molecule has 0 spiro atoms. The van der Waals surface area contributed by atoms with Crippen LogP contribution in [-0.4, -0.2) is 35.2 Å². The summed E-state index contributed by atoms with van der Waals surface area (Å²) < 4.78 is 5.42. The first-order chi connectivity index (χ1) is 9.58. The molecule has 2 rings (SSSR count). The molecule has 1 aromatic carbocycles. The summed E-state index contributed by atoms with van der Waals surface area (Å²) in [5.74, 6) is -0.606. The Labute approximate surface area is 116 Å². The summed E-state index contributed by atoms with van der Waals surface area (Å²) in [6, 6.07) is 4.96. The molecule has 0 saturated carbocycles. The van der Waals surface area contributed by atoms with Gasteiger partial charge >= 0.3 is 5.97 Å². The fourth-order valence-electron chi connectivity index (χ4n) is 2.09. The highest BCUT2D eigenvalue weighted by Gasteiger charge is 2.18. The first kappa shape index (κ1) is 14.3. The molecule has 1 amide bonds. The maximum atomic E-state index is 11.8. The highest BCUT2D eigenvalue weighted by atomic mass is 16.5. The van der Waals surface area contributed by atoms with Crippen molar-refractivity contribution in [2.75, 3.05) is 13.2 Å². The molecule has 0 radical (unpaired) electrons. The Morgan fingerprint density at radius 3 is 3.00 bits per heavy atom. The summed E-state index contributed by atoms with van der Waals surface area (Å²) in [5, 5.41) is 21.3. The second kappa shape index (κ2) is 6.38. The lowest BCUT2D eigenvalue weighted by Crippen LogP contribution is -2.24. The van der Waals surface area contributed by atoms with Crippen LogP contribution in [0.3, 0.4) is 0 Å². The van der Waals surface area contributed by atoms with Crippen molar-refractivity contribution in [2.45, 2.75) is 25.4 Å². The van der Waals surface area contributed by atoms with Crippen molar-refractivity contribution in [2.24, 2.45) is 0 Å². The number of carbonyl (C=O) groups excluding carboxylic acids is 1. The molecule has 0 bridgehead atoms. The number of fused-ring (bicyclic) bond motifs is 1. The van der Waals surface area contributed by atoms with Crippen LogP contribution in [0.15, 0.2) is 18.2 Å². The smallest absolute Gasteiger partial charge is 0.303 e. The molecule has 1 aromatic rings. The maximum Gasteiger partial charge on any atom is 0.303 e. The molecule has 0 saturated heterocycles. The van der Waals surface area contributed by atoms with Gasteiger partial charge in [-0.2, -0.15) is 0 Å². The average molecular weight is 279 g/mol. The highest BCUT2D eigenvalue weighted by Crippen LogP contribution is 2.27. The van der Waals surface area contributed by atoms with E-state index in [-0.39, 0.29) is 12.3 Å². The second-order valence-electron chi connectivity index (χ2n) is 4.66. The van der Waals surface area contributed by atoms with E-state index in [0.29, 0.717) is 42.9 Å². The number of carbonyl (C=O) groups is 2. The quantitative estimate of drug-likeness (QED) is 0.750. The van der Waals surface area contributed by atoms with Crippen LogP contribution in [0.5, 0.6) is 5.75 Å². The minimum Gasteiger partial charge on any atom is -0.491 e. The monoisotopic (exact) mass is 279 g/mol. The number of aliphatic hydroxyl groups is 1. The van der Waals surface area contributed by atoms with Crippen molar-refractivity contribution < 1.29 is 24.5 Å². The number of hydrogen-bond acceptors (Lipinski definition) is 4. The summed E-state index contributed by atoms with van der Waals surface area (Å²) in [5.41, 5.74) is 0.993. The van der Waals surface area contributed by atoms with Crippen molar-refractivity contribution in [1.82, 2.24) is 5.32 Å². The molecule has 1 aliphatic rings. The van der Waals surface area contributed by atoms with Crippen LogP contribution < -0.4 is 10.1 Å². The van der Waals surface area contributed by atoms with Crippen LogP contribution in [0.1, 0.15) is 41.3 Å². The molecular weight excluding hydrogens is 262 g/mol. The maximum absolute atomic E-state index is 11.8. The van der Waals surface area contributed by atoms with Crippen LogP contribution in [0.4, 0.5) is 0 Å². The van der Waals surface area contributed by atoms with E-state index in [4.69, 9.17) is 9.84 Å². The lowest BCUT2D eigenvalue weighted by Gasteiger charge is -2.13. The number of carboxylic acid groups (broad SMARTS) is 1. The Hall–Kier alpha value is -2.08. The zero-order valence-corrected chi connectivity index (χ0v) is 11.0. The molecule has 1 heterocycles. The van der Waals surface area contributed by atoms with E-state index in [1.165, 1.54) is 0 Å². The third kappa shape index (κ3) is 3.48. The van der Waals surface area contributed by atoms with Crippen molar-refractivity contribution >= 4 is 11.9 Å². The minimum absolute atomic E-state index is 0.0194. The number of aliphatic hydroxyl groups excluding tert-OH is 1. The van der Waals surface area contributed by atoms with E-state index in [1.807, 2.05) is 0 Å². The van der Waals surface area contributed by atoms with E-state index in [2.05, 4.69) is 5.32 Å². The minimum atomic E-state index is -0.882. The number of aliphatic carboxylic acids is 1. The molecule has 6 nitrogen and oxygen atoms in total. The third-order valence-electron chi connectivity index (χ3n) is 3.15. The predicted octanol–water partition coefficient (Wildman–Crippen LogP) is 1.10. The molecule has 0 fully saturated rings. The standard InChI is InChI=1S/C14H17NO5/c16-11(2-1-3-13(17)18)9-4-5-12-10(8-9)14(19)15-6-7-20-12/h4-5,8,11,16H,1-3,6-7H2,(H,15,19)(H,17,18). The molecule has 108 valence electrons. The van der Waals surface area contributed by atoms with Gasteiger partial charge in [0, 0.05) is 6.42 Å². The Morgan fingerprint density at radius 1 is 1.45 bits per heavy atom. The zero-order valence-electron chi connectivity index (χ0n) is 11.0. The van der Waals surface area contributed by atoms with Gasteiger partial charge in [-0.1, -0.05) is 6.07 Å². The molecule has 0 aliphatic carbocycles. The number of amides is 1. The fourth-order valence-corrected chi connectivity index (χ4v) is 2.09. The van der Waals surface area contributed by atoms with Gasteiger partial charge in [-0.15, -0.1) is 0 Å². The normalized spacial score (nSPS) is 15.6. The number of carboxylic acids is 1. The van der Waals surface area contributed by atoms with Crippen LogP contribution in [0.25, 0.3) is 0 Å². The predicted molar refractivity (Wildman–Crippen MR) is 70.7 cm³/mol. The van der Waals surface area contributed by atoms with E-state index in [0.717, 1.165) is 0 Å². The lowest BCUT2D eigenvalue weighted by atomic mass is 10.0. The molecule has 0 aromatic heterocycles. The topological polar surface area (TPSA) is 95.9 Å². The molecule has 1 aliphatic heterocycles. The van der Waals surface area contributed by atoms with Crippen LogP contribution in [0.2, 0.25) is 0 Å². The van der Waals surface area contributed by atoms with Crippen molar-refractivity contribution in [3.63, 3.8) is 0 Å². The van der Waals surface area contributed by atoms with Crippen molar-refractivity contribution in [1.29, 1.82) is 0 Å². The molecule has 1 unspecified atom stereocenters. The number of ether oxygens (including phenoxy) is 1. The largest absolute Gasteiger partial charge is 0.491 e.